The molecule has 9 heteroatoms. The van der Waals surface area contributed by atoms with E-state index in [1.54, 1.807) is 47.5 Å². The van der Waals surface area contributed by atoms with Crippen molar-refractivity contribution in [3.63, 3.8) is 0 Å². The van der Waals surface area contributed by atoms with E-state index in [0.29, 0.717) is 0 Å². The lowest BCUT2D eigenvalue weighted by atomic mass is 9.86. The van der Waals surface area contributed by atoms with Gasteiger partial charge in [0.2, 0.25) is 0 Å². The highest BCUT2D eigenvalue weighted by molar-refractivity contribution is 6.01. The van der Waals surface area contributed by atoms with E-state index in [1.807, 2.05) is 0 Å². The number of alkyl carbamates (subject to hydrolysis) is 1. The molecule has 0 fully saturated rings. The third-order valence-corrected chi connectivity index (χ3v) is 3.06. The lowest BCUT2D eigenvalue weighted by Crippen LogP contribution is -2.53. The Hall–Kier alpha value is -2.89. The Morgan fingerprint density at radius 3 is 2.14 bits per heavy atom. The number of nitrogens with one attached hydrogen (secondary N) is 2. The summed E-state index contributed by atoms with van der Waals surface area (Å²) in [6.45, 7) is 11.2. The van der Waals surface area contributed by atoms with Crippen LogP contribution in [0.1, 0.15) is 48.5 Å². The normalized spacial score (nSPS) is 15.1. The number of carbonyl (C=O) groups excluding carboxylic acids is 2. The minimum atomic E-state index is -1.15. The number of amides is 2. The van der Waals surface area contributed by atoms with Crippen LogP contribution in [0.3, 0.4) is 0 Å². The van der Waals surface area contributed by atoms with E-state index in [-0.39, 0.29) is 0 Å². The van der Waals surface area contributed by atoms with E-state index in [1.165, 1.54) is 0 Å². The Kier molecular flexibility index (Phi) is 8.86. The second-order valence-electron chi connectivity index (χ2n) is 8.02. The summed E-state index contributed by atoms with van der Waals surface area (Å²) in [5.41, 5.74) is 5.76. The molecule has 4 N–H and O–H groups in total. The van der Waals surface area contributed by atoms with Crippen molar-refractivity contribution >= 4 is 17.8 Å². The third kappa shape index (κ3) is 9.16. The predicted molar refractivity (Wildman–Crippen MR) is 104 cm³/mol. The zero-order valence-electron chi connectivity index (χ0n) is 17.2. The minimum Gasteiger partial charge on any atom is -0.444 e. The first kappa shape index (κ1) is 25.1. The van der Waals surface area contributed by atoms with Crippen molar-refractivity contribution in [2.75, 3.05) is 0 Å². The van der Waals surface area contributed by atoms with Gasteiger partial charge in [-0.2, -0.15) is 9.49 Å². The largest absolute Gasteiger partial charge is 0.444 e. The molecule has 2 amide bonds. The SMILES string of the molecule is C#C/C(F)=C(\C=C(/C)F)C(/N)=N/NC(=O)C(NC(=O)OC(C)(C)C)C(C)(C)C. The summed E-state index contributed by atoms with van der Waals surface area (Å²) in [7, 11) is 0. The first-order valence-corrected chi connectivity index (χ1v) is 8.41. The van der Waals surface area contributed by atoms with Crippen molar-refractivity contribution < 1.29 is 23.1 Å². The van der Waals surface area contributed by atoms with Crippen molar-refractivity contribution in [3.05, 3.63) is 23.3 Å². The van der Waals surface area contributed by atoms with Crippen molar-refractivity contribution in [2.45, 2.75) is 60.1 Å². The lowest BCUT2D eigenvalue weighted by molar-refractivity contribution is -0.125. The zero-order chi connectivity index (χ0) is 22.3. The van der Waals surface area contributed by atoms with Crippen LogP contribution in [0.15, 0.2) is 28.4 Å². The average molecular weight is 398 g/mol. The highest BCUT2D eigenvalue weighted by Gasteiger charge is 2.34. The summed E-state index contributed by atoms with van der Waals surface area (Å²) in [4.78, 5) is 24.5. The highest BCUT2D eigenvalue weighted by atomic mass is 19.1. The molecule has 0 rings (SSSR count). The van der Waals surface area contributed by atoms with Gasteiger partial charge in [-0.3, -0.25) is 4.79 Å². The van der Waals surface area contributed by atoms with Crippen molar-refractivity contribution in [1.29, 1.82) is 0 Å². The van der Waals surface area contributed by atoms with Crippen molar-refractivity contribution in [3.8, 4) is 12.3 Å². The number of hydrazone groups is 1. The topological polar surface area (TPSA) is 106 Å². The van der Waals surface area contributed by atoms with Gasteiger partial charge in [0.05, 0.1) is 11.4 Å². The van der Waals surface area contributed by atoms with Crippen LogP contribution in [0, 0.1) is 17.8 Å². The summed E-state index contributed by atoms with van der Waals surface area (Å²) < 4.78 is 31.9. The molecule has 1 atom stereocenters. The highest BCUT2D eigenvalue weighted by Crippen LogP contribution is 2.20. The molecule has 0 saturated heterocycles. The Labute approximate surface area is 164 Å². The molecule has 7 nitrogen and oxygen atoms in total. The number of amidine groups is 1. The average Bonchev–Trinajstić information content (AvgIpc) is 2.51. The molecule has 0 spiro atoms. The molecule has 0 aliphatic carbocycles. The van der Waals surface area contributed by atoms with Crippen molar-refractivity contribution in [2.24, 2.45) is 16.3 Å². The lowest BCUT2D eigenvalue weighted by Gasteiger charge is -2.30. The maximum atomic E-state index is 13.7. The van der Waals surface area contributed by atoms with Crippen LogP contribution in [-0.2, 0) is 9.53 Å². The number of allylic oxidation sites excluding steroid dienone is 2. The van der Waals surface area contributed by atoms with Gasteiger partial charge >= 0.3 is 6.09 Å². The van der Waals surface area contributed by atoms with E-state index in [0.717, 1.165) is 13.0 Å². The number of halogens is 2. The molecule has 1 unspecified atom stereocenters. The fraction of sp³-hybridized carbons (Fsp3) is 0.526. The number of hydrogen-bond donors (Lipinski definition) is 3. The van der Waals surface area contributed by atoms with Gasteiger partial charge in [-0.25, -0.2) is 14.6 Å². The van der Waals surface area contributed by atoms with E-state index < -0.39 is 52.1 Å². The predicted octanol–water partition coefficient (Wildman–Crippen LogP) is 3.04. The molecule has 0 aromatic rings. The van der Waals surface area contributed by atoms with Gasteiger partial charge in [-0.1, -0.05) is 20.8 Å². The number of terminal acetylenes is 1. The Morgan fingerprint density at radius 2 is 1.75 bits per heavy atom. The number of hydrogen-bond acceptors (Lipinski definition) is 4. The van der Waals surface area contributed by atoms with Gasteiger partial charge in [0.15, 0.2) is 11.7 Å². The number of nitrogens with zero attached hydrogens (tertiary/aromatic N) is 1. The van der Waals surface area contributed by atoms with Gasteiger partial charge in [0.1, 0.15) is 11.6 Å². The molecule has 0 saturated carbocycles. The van der Waals surface area contributed by atoms with Crippen molar-refractivity contribution in [1.82, 2.24) is 10.7 Å². The molecular formula is C19H28F2N4O3. The third-order valence-electron chi connectivity index (χ3n) is 3.06. The zero-order valence-corrected chi connectivity index (χ0v) is 17.2. The summed E-state index contributed by atoms with van der Waals surface area (Å²) in [5, 5.41) is 6.02. The van der Waals surface area contributed by atoms with E-state index in [2.05, 4.69) is 15.8 Å². The number of carbonyl (C=O) groups is 2. The molecular weight excluding hydrogens is 370 g/mol. The summed E-state index contributed by atoms with van der Waals surface area (Å²) in [6.07, 6.45) is 4.91. The molecule has 0 radical (unpaired) electrons. The molecule has 0 aromatic heterocycles. The van der Waals surface area contributed by atoms with Gasteiger partial charge in [-0.15, -0.1) is 6.42 Å². The van der Waals surface area contributed by atoms with Gasteiger partial charge in [0, 0.05) is 0 Å². The smallest absolute Gasteiger partial charge is 0.408 e. The van der Waals surface area contributed by atoms with Crippen LogP contribution in [0.5, 0.6) is 0 Å². The molecule has 156 valence electrons. The van der Waals surface area contributed by atoms with E-state index in [9.17, 15) is 18.4 Å². The van der Waals surface area contributed by atoms with Crippen LogP contribution < -0.4 is 16.5 Å². The summed E-state index contributed by atoms with van der Waals surface area (Å²) >= 11 is 0. The monoisotopic (exact) mass is 398 g/mol. The van der Waals surface area contributed by atoms with Crippen LogP contribution >= 0.6 is 0 Å². The molecule has 28 heavy (non-hydrogen) atoms. The standard InChI is InChI=1S/C19H28F2N4O3/c1-9-13(21)12(10-11(2)20)15(22)24-25-16(26)14(18(3,4)5)23-17(27)28-19(6,7)8/h1,10,14H,2-8H3,(H2,22,24)(H,23,27)(H,25,26)/b11-10+,13-12-. The maximum Gasteiger partial charge on any atom is 0.408 e. The molecule has 0 aromatic carbocycles. The quantitative estimate of drug-likeness (QED) is 0.218. The second kappa shape index (κ2) is 9.88. The maximum absolute atomic E-state index is 13.7. The van der Waals surface area contributed by atoms with Crippen LogP contribution in [-0.4, -0.2) is 29.5 Å². The van der Waals surface area contributed by atoms with Gasteiger partial charge in [-0.05, 0) is 45.1 Å². The van der Waals surface area contributed by atoms with Gasteiger partial charge < -0.3 is 15.8 Å². The van der Waals surface area contributed by atoms with Crippen LogP contribution in [0.25, 0.3) is 0 Å². The summed E-state index contributed by atoms with van der Waals surface area (Å²) in [6, 6.07) is -1.05. The fourth-order valence-electron chi connectivity index (χ4n) is 1.87. The fourth-order valence-corrected chi connectivity index (χ4v) is 1.87. The van der Waals surface area contributed by atoms with E-state index in [4.69, 9.17) is 16.9 Å². The van der Waals surface area contributed by atoms with E-state index >= 15 is 0 Å². The molecule has 0 heterocycles. The first-order chi connectivity index (χ1) is 12.6. The van der Waals surface area contributed by atoms with Crippen LogP contribution in [0.2, 0.25) is 0 Å². The molecule has 0 bridgehead atoms. The second-order valence-corrected chi connectivity index (χ2v) is 8.02. The number of rotatable bonds is 5. The van der Waals surface area contributed by atoms with Crippen LogP contribution in [0.4, 0.5) is 13.6 Å². The first-order valence-electron chi connectivity index (χ1n) is 8.41. The minimum absolute atomic E-state index is 0.491. The van der Waals surface area contributed by atoms with Gasteiger partial charge in [0.25, 0.3) is 5.91 Å². The molecule has 0 aliphatic rings. The number of nitrogens with two attached hydrogens (primary N) is 1. The molecule has 0 aliphatic heterocycles. The Balaban J connectivity index is 5.55. The summed E-state index contributed by atoms with van der Waals surface area (Å²) in [5.74, 6) is -1.49. The number of ether oxygens (including phenoxy) is 1. The Morgan fingerprint density at radius 1 is 1.21 bits per heavy atom. The Bertz CT molecular complexity index is 732.